The summed E-state index contributed by atoms with van der Waals surface area (Å²) in [6, 6.07) is 6.98. The predicted molar refractivity (Wildman–Crippen MR) is 84.9 cm³/mol. The summed E-state index contributed by atoms with van der Waals surface area (Å²) in [4.78, 5) is 13.8. The van der Waals surface area contributed by atoms with E-state index in [2.05, 4.69) is 5.32 Å². The molecule has 0 aliphatic heterocycles. The van der Waals surface area contributed by atoms with E-state index in [0.717, 1.165) is 17.5 Å². The molecule has 0 fully saturated rings. The monoisotopic (exact) mass is 313 g/mol. The van der Waals surface area contributed by atoms with E-state index in [9.17, 15) is 13.2 Å². The predicted octanol–water partition coefficient (Wildman–Crippen LogP) is 0.131. The zero-order chi connectivity index (χ0) is 16.0. The third-order valence-corrected chi connectivity index (χ3v) is 4.03. The lowest BCUT2D eigenvalue weighted by atomic mass is 10.2. The number of hydrogen-bond donors (Lipinski definition) is 2. The number of sulfone groups is 1. The number of nitrogens with one attached hydrogen (secondary N) is 1. The van der Waals surface area contributed by atoms with Gasteiger partial charge in [0.05, 0.1) is 11.8 Å². The quantitative estimate of drug-likeness (QED) is 0.746. The second-order valence-corrected chi connectivity index (χ2v) is 7.56. The number of nitrogens with two attached hydrogens (primary N) is 1. The van der Waals surface area contributed by atoms with E-state index in [4.69, 9.17) is 5.73 Å². The van der Waals surface area contributed by atoms with Crippen molar-refractivity contribution in [3.8, 4) is 0 Å². The molecule has 0 saturated heterocycles. The second kappa shape index (κ2) is 7.42. The normalized spacial score (nSPS) is 12.8. The lowest BCUT2D eigenvalue weighted by molar-refractivity contribution is -0.122. The standard InChI is InChI=1S/C14H23N3O3S/c1-17(2)12-6-4-11(5-7-12)10-16-14(18)13(15)8-9-21(3,19)20/h4-7,13H,8-10,15H2,1-3H3,(H,16,18). The Morgan fingerprint density at radius 2 is 1.86 bits per heavy atom. The zero-order valence-corrected chi connectivity index (χ0v) is 13.5. The maximum Gasteiger partial charge on any atom is 0.237 e. The van der Waals surface area contributed by atoms with Crippen LogP contribution in [0.25, 0.3) is 0 Å². The molecule has 0 radical (unpaired) electrons. The largest absolute Gasteiger partial charge is 0.378 e. The van der Waals surface area contributed by atoms with Gasteiger partial charge in [-0.15, -0.1) is 0 Å². The Hall–Kier alpha value is -1.60. The Bertz CT molecular complexity index is 568. The topological polar surface area (TPSA) is 92.5 Å². The van der Waals surface area contributed by atoms with Gasteiger partial charge < -0.3 is 16.0 Å². The molecule has 7 heteroatoms. The summed E-state index contributed by atoms with van der Waals surface area (Å²) >= 11 is 0. The van der Waals surface area contributed by atoms with Crippen molar-refractivity contribution < 1.29 is 13.2 Å². The van der Waals surface area contributed by atoms with Gasteiger partial charge in [-0.3, -0.25) is 4.79 Å². The maximum absolute atomic E-state index is 11.8. The van der Waals surface area contributed by atoms with Crippen LogP contribution < -0.4 is 16.0 Å². The summed E-state index contributed by atoms with van der Waals surface area (Å²) in [5, 5.41) is 2.71. The van der Waals surface area contributed by atoms with Gasteiger partial charge in [0, 0.05) is 32.6 Å². The highest BCUT2D eigenvalue weighted by Gasteiger charge is 2.15. The van der Waals surface area contributed by atoms with Crippen molar-refractivity contribution in [2.45, 2.75) is 19.0 Å². The van der Waals surface area contributed by atoms with Crippen LogP contribution in [0, 0.1) is 0 Å². The highest BCUT2D eigenvalue weighted by atomic mass is 32.2. The van der Waals surface area contributed by atoms with Crippen molar-refractivity contribution in [1.82, 2.24) is 5.32 Å². The van der Waals surface area contributed by atoms with Crippen LogP contribution >= 0.6 is 0 Å². The number of nitrogens with zero attached hydrogens (tertiary/aromatic N) is 1. The molecule has 6 nitrogen and oxygen atoms in total. The minimum absolute atomic E-state index is 0.0842. The fourth-order valence-corrected chi connectivity index (χ4v) is 2.39. The molecule has 0 aliphatic carbocycles. The van der Waals surface area contributed by atoms with Crippen LogP contribution in [-0.2, 0) is 21.2 Å². The third-order valence-electron chi connectivity index (χ3n) is 3.06. The van der Waals surface area contributed by atoms with Crippen LogP contribution in [-0.4, -0.2) is 46.5 Å². The summed E-state index contributed by atoms with van der Waals surface area (Å²) in [5.41, 5.74) is 7.71. The molecule has 0 heterocycles. The van der Waals surface area contributed by atoms with Gasteiger partial charge in [0.2, 0.25) is 5.91 Å². The van der Waals surface area contributed by atoms with Crippen LogP contribution in [0.5, 0.6) is 0 Å². The van der Waals surface area contributed by atoms with E-state index in [0.29, 0.717) is 6.54 Å². The smallest absolute Gasteiger partial charge is 0.237 e. The maximum atomic E-state index is 11.8. The van der Waals surface area contributed by atoms with Gasteiger partial charge in [-0.05, 0) is 24.1 Å². The minimum atomic E-state index is -3.10. The number of hydrogen-bond acceptors (Lipinski definition) is 5. The minimum Gasteiger partial charge on any atom is -0.378 e. The Kier molecular flexibility index (Phi) is 6.17. The number of carbonyl (C=O) groups excluding carboxylic acids is 1. The molecule has 118 valence electrons. The average molecular weight is 313 g/mol. The molecular weight excluding hydrogens is 290 g/mol. The number of carbonyl (C=O) groups is 1. The highest BCUT2D eigenvalue weighted by molar-refractivity contribution is 7.90. The van der Waals surface area contributed by atoms with Gasteiger partial charge in [-0.25, -0.2) is 8.42 Å². The average Bonchev–Trinajstić information content (AvgIpc) is 2.41. The molecule has 1 atom stereocenters. The Balaban J connectivity index is 2.45. The van der Waals surface area contributed by atoms with E-state index in [-0.39, 0.29) is 18.1 Å². The van der Waals surface area contributed by atoms with E-state index >= 15 is 0 Å². The van der Waals surface area contributed by atoms with Gasteiger partial charge in [0.15, 0.2) is 0 Å². The molecule has 1 aromatic rings. The molecule has 1 aromatic carbocycles. The van der Waals surface area contributed by atoms with Crippen molar-refractivity contribution in [3.63, 3.8) is 0 Å². The summed E-state index contributed by atoms with van der Waals surface area (Å²) in [6.45, 7) is 0.374. The molecule has 0 aromatic heterocycles. The fraction of sp³-hybridized carbons (Fsp3) is 0.500. The molecule has 1 amide bonds. The Morgan fingerprint density at radius 1 is 1.29 bits per heavy atom. The third kappa shape index (κ3) is 6.59. The van der Waals surface area contributed by atoms with E-state index in [1.54, 1.807) is 0 Å². The van der Waals surface area contributed by atoms with Gasteiger partial charge in [0.1, 0.15) is 9.84 Å². The summed E-state index contributed by atoms with van der Waals surface area (Å²) in [5.74, 6) is -0.422. The molecule has 0 spiro atoms. The van der Waals surface area contributed by atoms with E-state index < -0.39 is 15.9 Å². The SMILES string of the molecule is CN(C)c1ccc(CNC(=O)C(N)CCS(C)(=O)=O)cc1. The number of rotatable bonds is 7. The Morgan fingerprint density at radius 3 is 2.33 bits per heavy atom. The van der Waals surface area contributed by atoms with E-state index in [1.165, 1.54) is 0 Å². The Labute approximate surface area is 126 Å². The van der Waals surface area contributed by atoms with Crippen molar-refractivity contribution in [1.29, 1.82) is 0 Å². The van der Waals surface area contributed by atoms with Gasteiger partial charge in [-0.1, -0.05) is 12.1 Å². The molecular formula is C14H23N3O3S. The first-order valence-corrected chi connectivity index (χ1v) is 8.72. The number of benzene rings is 1. The van der Waals surface area contributed by atoms with Crippen molar-refractivity contribution in [3.05, 3.63) is 29.8 Å². The van der Waals surface area contributed by atoms with Crippen LogP contribution in [0.1, 0.15) is 12.0 Å². The van der Waals surface area contributed by atoms with Crippen molar-refractivity contribution in [2.24, 2.45) is 5.73 Å². The van der Waals surface area contributed by atoms with Gasteiger partial charge in [-0.2, -0.15) is 0 Å². The molecule has 3 N–H and O–H groups in total. The molecule has 0 aliphatic rings. The van der Waals surface area contributed by atoms with Crippen LogP contribution in [0.4, 0.5) is 5.69 Å². The molecule has 1 unspecified atom stereocenters. The summed E-state index contributed by atoms with van der Waals surface area (Å²) in [6.07, 6.45) is 1.26. The van der Waals surface area contributed by atoms with E-state index in [1.807, 2.05) is 43.3 Å². The second-order valence-electron chi connectivity index (χ2n) is 5.30. The first-order valence-electron chi connectivity index (χ1n) is 6.66. The number of anilines is 1. The molecule has 0 bridgehead atoms. The van der Waals surface area contributed by atoms with Crippen LogP contribution in [0.3, 0.4) is 0 Å². The lowest BCUT2D eigenvalue weighted by Crippen LogP contribution is -2.41. The van der Waals surface area contributed by atoms with Crippen molar-refractivity contribution in [2.75, 3.05) is 31.0 Å². The molecule has 1 rings (SSSR count). The van der Waals surface area contributed by atoms with Crippen molar-refractivity contribution >= 4 is 21.4 Å². The summed E-state index contributed by atoms with van der Waals surface area (Å²) in [7, 11) is 0.814. The molecule has 0 saturated carbocycles. The first-order chi connectivity index (χ1) is 9.69. The van der Waals surface area contributed by atoms with Crippen LogP contribution in [0.2, 0.25) is 0 Å². The zero-order valence-electron chi connectivity index (χ0n) is 12.7. The highest BCUT2D eigenvalue weighted by Crippen LogP contribution is 2.11. The summed E-state index contributed by atoms with van der Waals surface area (Å²) < 4.78 is 22.1. The lowest BCUT2D eigenvalue weighted by Gasteiger charge is -2.14. The fourth-order valence-electron chi connectivity index (χ4n) is 1.70. The number of amides is 1. The van der Waals surface area contributed by atoms with Gasteiger partial charge >= 0.3 is 0 Å². The molecule has 21 heavy (non-hydrogen) atoms. The van der Waals surface area contributed by atoms with Crippen LogP contribution in [0.15, 0.2) is 24.3 Å². The van der Waals surface area contributed by atoms with Gasteiger partial charge in [0.25, 0.3) is 0 Å². The first kappa shape index (κ1) is 17.5.